The molecule has 0 aliphatic rings. The average Bonchev–Trinajstić information content (AvgIpc) is 2.84. The Morgan fingerprint density at radius 1 is 0.909 bits per heavy atom. The van der Waals surface area contributed by atoms with Crippen molar-refractivity contribution in [1.82, 2.24) is 10.3 Å². The number of hydrogen-bond acceptors (Lipinski definition) is 4. The highest BCUT2D eigenvalue weighted by Crippen LogP contribution is 2.33. The molecule has 0 saturated heterocycles. The molecule has 0 saturated carbocycles. The van der Waals surface area contributed by atoms with Crippen molar-refractivity contribution in [2.24, 2.45) is 0 Å². The van der Waals surface area contributed by atoms with Gasteiger partial charge in [0.25, 0.3) is 0 Å². The maximum atomic E-state index is 12.9. The second-order valence-electron chi connectivity index (χ2n) is 7.70. The second kappa shape index (κ2) is 9.96. The van der Waals surface area contributed by atoms with Crippen molar-refractivity contribution >= 4 is 28.6 Å². The predicted molar refractivity (Wildman–Crippen MR) is 130 cm³/mol. The Bertz CT molecular complexity index is 1290. The molecule has 2 N–H and O–H groups in total. The molecule has 33 heavy (non-hydrogen) atoms. The lowest BCUT2D eigenvalue weighted by Gasteiger charge is -2.16. The molecule has 0 spiro atoms. The molecule has 0 fully saturated rings. The zero-order chi connectivity index (χ0) is 23.2. The van der Waals surface area contributed by atoms with Crippen LogP contribution in [0.1, 0.15) is 16.8 Å². The van der Waals surface area contributed by atoms with Crippen LogP contribution in [-0.4, -0.2) is 24.1 Å². The highest BCUT2D eigenvalue weighted by Gasteiger charge is 2.17. The van der Waals surface area contributed by atoms with Crippen molar-refractivity contribution in [3.63, 3.8) is 0 Å². The lowest BCUT2D eigenvalue weighted by Crippen LogP contribution is -2.25. The number of carbonyl (C=O) groups is 2. The Hall–Kier alpha value is -4.19. The number of rotatable bonds is 6. The highest BCUT2D eigenvalue weighted by molar-refractivity contribution is 5.98. The van der Waals surface area contributed by atoms with Gasteiger partial charge in [-0.2, -0.15) is 0 Å². The molecule has 6 nitrogen and oxygen atoms in total. The number of pyridine rings is 1. The van der Waals surface area contributed by atoms with Crippen LogP contribution >= 0.6 is 0 Å². The number of aromatic nitrogens is 1. The van der Waals surface area contributed by atoms with E-state index in [9.17, 15) is 9.59 Å². The number of nitrogens with zero attached hydrogens (tertiary/aromatic N) is 1. The van der Waals surface area contributed by atoms with E-state index in [-0.39, 0.29) is 12.3 Å². The van der Waals surface area contributed by atoms with Crippen LogP contribution in [0.25, 0.3) is 22.0 Å². The van der Waals surface area contributed by atoms with E-state index in [1.165, 1.54) is 7.11 Å². The van der Waals surface area contributed by atoms with E-state index in [4.69, 9.17) is 4.98 Å². The normalized spacial score (nSPS) is 10.6. The Morgan fingerprint density at radius 2 is 1.61 bits per heavy atom. The summed E-state index contributed by atoms with van der Waals surface area (Å²) in [5, 5.41) is 6.63. The van der Waals surface area contributed by atoms with Crippen LogP contribution in [-0.2, 0) is 22.5 Å². The maximum Gasteiger partial charge on any atom is 0.411 e. The molecule has 0 aliphatic carbocycles. The summed E-state index contributed by atoms with van der Waals surface area (Å²) in [5.41, 5.74) is 6.36. The van der Waals surface area contributed by atoms with Gasteiger partial charge in [0.05, 0.1) is 19.0 Å². The quantitative estimate of drug-likeness (QED) is 0.430. The standard InChI is InChI=1S/C27H25N3O3/c1-18-23(16-25(31)28-17-19-12-14-21(15-13-19)30-27(32)33-2)26(20-8-4-3-5-9-20)22-10-6-7-11-24(22)29-18/h3-15H,16-17H2,1-2H3,(H,28,31)(H,30,32). The van der Waals surface area contributed by atoms with Gasteiger partial charge in [0.15, 0.2) is 0 Å². The number of fused-ring (bicyclic) bond motifs is 1. The van der Waals surface area contributed by atoms with E-state index in [0.29, 0.717) is 12.2 Å². The Morgan fingerprint density at radius 3 is 2.33 bits per heavy atom. The number of amides is 2. The first kappa shape index (κ1) is 22.0. The first-order chi connectivity index (χ1) is 16.0. The number of ether oxygens (including phenoxy) is 1. The van der Waals surface area contributed by atoms with E-state index in [0.717, 1.165) is 38.9 Å². The van der Waals surface area contributed by atoms with Gasteiger partial charge in [0.1, 0.15) is 0 Å². The summed E-state index contributed by atoms with van der Waals surface area (Å²) in [6.07, 6.45) is -0.291. The average molecular weight is 440 g/mol. The van der Waals surface area contributed by atoms with E-state index in [1.54, 1.807) is 12.1 Å². The van der Waals surface area contributed by atoms with Gasteiger partial charge in [-0.3, -0.25) is 15.1 Å². The fourth-order valence-corrected chi connectivity index (χ4v) is 3.82. The van der Waals surface area contributed by atoms with E-state index < -0.39 is 6.09 Å². The molecule has 0 bridgehead atoms. The minimum absolute atomic E-state index is 0.0795. The molecule has 1 heterocycles. The summed E-state index contributed by atoms with van der Waals surface area (Å²) >= 11 is 0. The van der Waals surface area contributed by atoms with Gasteiger partial charge in [0.2, 0.25) is 5.91 Å². The number of para-hydroxylation sites is 1. The number of benzene rings is 3. The SMILES string of the molecule is COC(=O)Nc1ccc(CNC(=O)Cc2c(C)nc3ccccc3c2-c2ccccc2)cc1. The molecule has 0 radical (unpaired) electrons. The summed E-state index contributed by atoms with van der Waals surface area (Å²) in [6.45, 7) is 2.34. The molecule has 0 aliphatic heterocycles. The molecule has 2 amide bonds. The number of nitrogens with one attached hydrogen (secondary N) is 2. The summed E-state index contributed by atoms with van der Waals surface area (Å²) in [5.74, 6) is -0.0795. The summed E-state index contributed by atoms with van der Waals surface area (Å²) < 4.78 is 4.59. The van der Waals surface area contributed by atoms with Crippen LogP contribution in [0.4, 0.5) is 10.5 Å². The van der Waals surface area contributed by atoms with Crippen molar-refractivity contribution in [1.29, 1.82) is 0 Å². The molecule has 4 aromatic rings. The molecule has 0 atom stereocenters. The molecule has 3 aromatic carbocycles. The molecule has 4 rings (SSSR count). The third kappa shape index (κ3) is 5.18. The predicted octanol–water partition coefficient (Wildman–Crippen LogP) is 5.25. The molecule has 0 unspecified atom stereocenters. The monoisotopic (exact) mass is 439 g/mol. The largest absolute Gasteiger partial charge is 0.453 e. The van der Waals surface area contributed by atoms with Crippen LogP contribution < -0.4 is 10.6 Å². The zero-order valence-corrected chi connectivity index (χ0v) is 18.6. The van der Waals surface area contributed by atoms with Crippen LogP contribution in [0.3, 0.4) is 0 Å². The Labute approximate surface area is 192 Å². The van der Waals surface area contributed by atoms with Crippen molar-refractivity contribution in [2.75, 3.05) is 12.4 Å². The van der Waals surface area contributed by atoms with Gasteiger partial charge in [-0.15, -0.1) is 0 Å². The summed E-state index contributed by atoms with van der Waals surface area (Å²) in [4.78, 5) is 28.9. The minimum atomic E-state index is -0.523. The minimum Gasteiger partial charge on any atom is -0.453 e. The van der Waals surface area contributed by atoms with Crippen LogP contribution in [0.15, 0.2) is 78.9 Å². The van der Waals surface area contributed by atoms with Gasteiger partial charge >= 0.3 is 6.09 Å². The van der Waals surface area contributed by atoms with E-state index in [2.05, 4.69) is 33.6 Å². The van der Waals surface area contributed by atoms with Crippen LogP contribution in [0.5, 0.6) is 0 Å². The van der Waals surface area contributed by atoms with Gasteiger partial charge in [-0.1, -0.05) is 60.7 Å². The molecule has 166 valence electrons. The van der Waals surface area contributed by atoms with Gasteiger partial charge < -0.3 is 10.1 Å². The van der Waals surface area contributed by atoms with Crippen molar-refractivity contribution in [3.05, 3.63) is 95.7 Å². The van der Waals surface area contributed by atoms with Crippen LogP contribution in [0.2, 0.25) is 0 Å². The molecule has 6 heteroatoms. The maximum absolute atomic E-state index is 12.9. The highest BCUT2D eigenvalue weighted by atomic mass is 16.5. The van der Waals surface area contributed by atoms with Crippen LogP contribution in [0, 0.1) is 6.92 Å². The summed E-state index contributed by atoms with van der Waals surface area (Å²) in [7, 11) is 1.31. The molecular weight excluding hydrogens is 414 g/mol. The fraction of sp³-hybridized carbons (Fsp3) is 0.148. The van der Waals surface area contributed by atoms with Gasteiger partial charge in [0, 0.05) is 23.3 Å². The number of anilines is 1. The first-order valence-electron chi connectivity index (χ1n) is 10.7. The zero-order valence-electron chi connectivity index (χ0n) is 18.6. The van der Waals surface area contributed by atoms with Gasteiger partial charge in [-0.25, -0.2) is 4.79 Å². The fourth-order valence-electron chi connectivity index (χ4n) is 3.82. The Balaban J connectivity index is 1.53. The van der Waals surface area contributed by atoms with Crippen molar-refractivity contribution in [2.45, 2.75) is 19.9 Å². The number of aryl methyl sites for hydroxylation is 1. The van der Waals surface area contributed by atoms with Gasteiger partial charge in [-0.05, 0) is 47.4 Å². The molecular formula is C27H25N3O3. The second-order valence-corrected chi connectivity index (χ2v) is 7.70. The van der Waals surface area contributed by atoms with Crippen molar-refractivity contribution in [3.8, 4) is 11.1 Å². The lowest BCUT2D eigenvalue weighted by molar-refractivity contribution is -0.120. The smallest absolute Gasteiger partial charge is 0.411 e. The van der Waals surface area contributed by atoms with Crippen molar-refractivity contribution < 1.29 is 14.3 Å². The number of carbonyl (C=O) groups excluding carboxylic acids is 2. The number of methoxy groups -OCH3 is 1. The number of hydrogen-bond donors (Lipinski definition) is 2. The molecule has 1 aromatic heterocycles. The Kier molecular flexibility index (Phi) is 6.64. The summed E-state index contributed by atoms with van der Waals surface area (Å²) in [6, 6.07) is 25.4. The first-order valence-corrected chi connectivity index (χ1v) is 10.7. The van der Waals surface area contributed by atoms with E-state index in [1.807, 2.05) is 55.5 Å². The van der Waals surface area contributed by atoms with E-state index >= 15 is 0 Å². The topological polar surface area (TPSA) is 80.3 Å². The third-order valence-corrected chi connectivity index (χ3v) is 5.48. The lowest BCUT2D eigenvalue weighted by atomic mass is 9.92. The third-order valence-electron chi connectivity index (χ3n) is 5.48.